The Hall–Kier alpha value is -0.340. The zero-order chi connectivity index (χ0) is 30.8. The number of esters is 1. The molecule has 0 aliphatic rings. The summed E-state index contributed by atoms with van der Waals surface area (Å²) >= 11 is 1.70. The van der Waals surface area contributed by atoms with Crippen molar-refractivity contribution in [3.8, 4) is 0 Å². The Morgan fingerprint density at radius 3 is 1.83 bits per heavy atom. The minimum atomic E-state index is -0.0235. The van der Waals surface area contributed by atoms with Crippen LogP contribution in [0.25, 0.3) is 0 Å². The summed E-state index contributed by atoms with van der Waals surface area (Å²) in [6, 6.07) is 0. The number of hydrogen-bond donors (Lipinski definition) is 2. The Morgan fingerprint density at radius 2 is 1.21 bits per heavy atom. The third-order valence-electron chi connectivity index (χ3n) is 8.01. The van der Waals surface area contributed by atoms with Crippen LogP contribution in [0.2, 0.25) is 0 Å². The first-order valence-electron chi connectivity index (χ1n) is 18.1. The lowest BCUT2D eigenvalue weighted by atomic mass is 10.1. The standard InChI is InChI=1S/C35H72N2O4S/c1-4-6-8-10-14-20-26-34(3)41-35(39)27-21-15-12-16-22-28-37(30-31-38)29-23-17-13-18-24-32-40-36-42-33-25-19-11-9-7-5-2/h34,36,38H,4-33H2,1-3H3. The van der Waals surface area contributed by atoms with E-state index in [0.717, 1.165) is 64.1 Å². The molecule has 1 unspecified atom stereocenters. The van der Waals surface area contributed by atoms with Crippen LogP contribution in [0.4, 0.5) is 0 Å². The molecule has 0 fully saturated rings. The first-order valence-corrected chi connectivity index (χ1v) is 19.1. The van der Waals surface area contributed by atoms with Crippen molar-refractivity contribution in [3.05, 3.63) is 0 Å². The lowest BCUT2D eigenvalue weighted by Gasteiger charge is -2.21. The molecule has 0 spiro atoms. The number of hydrogen-bond acceptors (Lipinski definition) is 7. The zero-order valence-electron chi connectivity index (χ0n) is 28.3. The number of nitrogens with zero attached hydrogens (tertiary/aromatic N) is 1. The van der Waals surface area contributed by atoms with E-state index in [1.54, 1.807) is 11.9 Å². The molecule has 0 amide bonds. The molecule has 2 N–H and O–H groups in total. The normalized spacial score (nSPS) is 12.3. The van der Waals surface area contributed by atoms with Gasteiger partial charge >= 0.3 is 5.97 Å². The van der Waals surface area contributed by atoms with Crippen molar-refractivity contribution in [2.75, 3.05) is 38.6 Å². The van der Waals surface area contributed by atoms with Crippen LogP contribution in [0.5, 0.6) is 0 Å². The number of ether oxygens (including phenoxy) is 1. The average Bonchev–Trinajstić information content (AvgIpc) is 2.98. The van der Waals surface area contributed by atoms with Crippen LogP contribution in [0.1, 0.15) is 175 Å². The highest BCUT2D eigenvalue weighted by Crippen LogP contribution is 2.13. The first kappa shape index (κ1) is 41.7. The van der Waals surface area contributed by atoms with Crippen LogP contribution >= 0.6 is 11.9 Å². The number of nitrogens with one attached hydrogen (secondary N) is 1. The smallest absolute Gasteiger partial charge is 0.306 e. The average molecular weight is 617 g/mol. The molecule has 0 aliphatic carbocycles. The fourth-order valence-corrected chi connectivity index (χ4v) is 5.88. The minimum absolute atomic E-state index is 0.0235. The minimum Gasteiger partial charge on any atom is -0.463 e. The van der Waals surface area contributed by atoms with Gasteiger partial charge < -0.3 is 14.7 Å². The summed E-state index contributed by atoms with van der Waals surface area (Å²) in [6.07, 6.45) is 28.9. The molecular weight excluding hydrogens is 544 g/mol. The second-order valence-corrected chi connectivity index (χ2v) is 13.1. The maximum Gasteiger partial charge on any atom is 0.306 e. The van der Waals surface area contributed by atoms with Crippen LogP contribution in [0, 0.1) is 0 Å². The van der Waals surface area contributed by atoms with Crippen LogP contribution in [0.3, 0.4) is 0 Å². The molecule has 0 heterocycles. The van der Waals surface area contributed by atoms with Crippen LogP contribution < -0.4 is 4.89 Å². The summed E-state index contributed by atoms with van der Waals surface area (Å²) in [6.45, 7) is 10.5. The first-order chi connectivity index (χ1) is 20.6. The zero-order valence-corrected chi connectivity index (χ0v) is 29.1. The summed E-state index contributed by atoms with van der Waals surface area (Å²) in [4.78, 5) is 23.1. The van der Waals surface area contributed by atoms with E-state index in [1.807, 2.05) is 6.92 Å². The van der Waals surface area contributed by atoms with E-state index in [0.29, 0.717) is 6.42 Å². The predicted octanol–water partition coefficient (Wildman–Crippen LogP) is 9.78. The van der Waals surface area contributed by atoms with Crippen molar-refractivity contribution in [2.45, 2.75) is 181 Å². The van der Waals surface area contributed by atoms with E-state index in [1.165, 1.54) is 116 Å². The van der Waals surface area contributed by atoms with E-state index in [4.69, 9.17) is 9.57 Å². The van der Waals surface area contributed by atoms with Crippen molar-refractivity contribution in [1.29, 1.82) is 0 Å². The molecule has 6 nitrogen and oxygen atoms in total. The number of carbonyl (C=O) groups is 1. The van der Waals surface area contributed by atoms with Gasteiger partial charge in [-0.2, -0.15) is 0 Å². The van der Waals surface area contributed by atoms with Crippen LogP contribution in [-0.4, -0.2) is 60.7 Å². The largest absolute Gasteiger partial charge is 0.463 e. The highest BCUT2D eigenvalue weighted by atomic mass is 32.2. The molecule has 0 aromatic heterocycles. The molecule has 42 heavy (non-hydrogen) atoms. The Kier molecular flexibility index (Phi) is 34.9. The molecule has 0 saturated heterocycles. The monoisotopic (exact) mass is 617 g/mol. The van der Waals surface area contributed by atoms with E-state index >= 15 is 0 Å². The molecule has 0 saturated carbocycles. The number of carbonyl (C=O) groups excluding carboxylic acids is 1. The van der Waals surface area contributed by atoms with Gasteiger partial charge in [0.25, 0.3) is 0 Å². The predicted molar refractivity (Wildman–Crippen MR) is 183 cm³/mol. The van der Waals surface area contributed by atoms with Gasteiger partial charge in [-0.25, -0.2) is 0 Å². The second-order valence-electron chi connectivity index (χ2n) is 12.3. The van der Waals surface area contributed by atoms with Gasteiger partial charge in [-0.3, -0.25) is 9.63 Å². The molecule has 0 bridgehead atoms. The molecule has 252 valence electrons. The number of aliphatic hydroxyl groups is 1. The van der Waals surface area contributed by atoms with Gasteiger partial charge in [-0.1, -0.05) is 129 Å². The van der Waals surface area contributed by atoms with Gasteiger partial charge in [0.1, 0.15) is 0 Å². The van der Waals surface area contributed by atoms with Gasteiger partial charge in [-0.15, -0.1) is 4.89 Å². The highest BCUT2D eigenvalue weighted by Gasteiger charge is 2.09. The third kappa shape index (κ3) is 32.6. The van der Waals surface area contributed by atoms with Crippen molar-refractivity contribution >= 4 is 17.9 Å². The molecule has 7 heteroatoms. The maximum absolute atomic E-state index is 12.1. The Labute approximate surface area is 266 Å². The van der Waals surface area contributed by atoms with Gasteiger partial charge in [-0.05, 0) is 65.0 Å². The van der Waals surface area contributed by atoms with Gasteiger partial charge in [0.2, 0.25) is 0 Å². The van der Waals surface area contributed by atoms with Gasteiger partial charge in [0.05, 0.1) is 19.3 Å². The summed E-state index contributed by atoms with van der Waals surface area (Å²) in [5.74, 6) is 1.11. The molecule has 0 rings (SSSR count). The maximum atomic E-state index is 12.1. The van der Waals surface area contributed by atoms with E-state index < -0.39 is 0 Å². The molecule has 0 aromatic rings. The van der Waals surface area contributed by atoms with E-state index in [2.05, 4.69) is 23.6 Å². The number of rotatable bonds is 35. The van der Waals surface area contributed by atoms with Gasteiger partial charge in [0.15, 0.2) is 0 Å². The van der Waals surface area contributed by atoms with Gasteiger partial charge in [0, 0.05) is 18.7 Å². The van der Waals surface area contributed by atoms with Crippen molar-refractivity contribution in [2.24, 2.45) is 0 Å². The lowest BCUT2D eigenvalue weighted by molar-refractivity contribution is -0.148. The molecule has 0 radical (unpaired) electrons. The molecule has 0 aliphatic heterocycles. The number of aliphatic hydroxyl groups excluding tert-OH is 1. The quantitative estimate of drug-likeness (QED) is 0.0318. The van der Waals surface area contributed by atoms with Crippen molar-refractivity contribution < 1.29 is 19.5 Å². The Morgan fingerprint density at radius 1 is 0.690 bits per heavy atom. The topological polar surface area (TPSA) is 71.0 Å². The molecule has 1 atom stereocenters. The van der Waals surface area contributed by atoms with E-state index in [9.17, 15) is 9.90 Å². The fourth-order valence-electron chi connectivity index (χ4n) is 5.29. The van der Waals surface area contributed by atoms with Crippen molar-refractivity contribution in [3.63, 3.8) is 0 Å². The third-order valence-corrected chi connectivity index (χ3v) is 8.74. The van der Waals surface area contributed by atoms with E-state index in [-0.39, 0.29) is 18.7 Å². The summed E-state index contributed by atoms with van der Waals surface area (Å²) < 4.78 is 5.59. The SMILES string of the molecule is CCCCCCCCSNOCCCCCCCN(CCO)CCCCCCCC(=O)OC(C)CCCCCCCC. The number of unbranched alkanes of at least 4 members (excludes halogenated alkanes) is 18. The Bertz CT molecular complexity index is 541. The Balaban J connectivity index is 3.53. The summed E-state index contributed by atoms with van der Waals surface area (Å²) in [5, 5.41) is 9.44. The summed E-state index contributed by atoms with van der Waals surface area (Å²) in [5.41, 5.74) is 0. The van der Waals surface area contributed by atoms with Crippen LogP contribution in [-0.2, 0) is 14.4 Å². The lowest BCUT2D eigenvalue weighted by Crippen LogP contribution is -2.29. The van der Waals surface area contributed by atoms with Crippen molar-refractivity contribution in [1.82, 2.24) is 9.79 Å². The fraction of sp³-hybridized carbons (Fsp3) is 0.971. The molecule has 0 aromatic carbocycles. The summed E-state index contributed by atoms with van der Waals surface area (Å²) in [7, 11) is 0. The molecular formula is C35H72N2O4S. The highest BCUT2D eigenvalue weighted by molar-refractivity contribution is 7.97. The second kappa shape index (κ2) is 35.1. The van der Waals surface area contributed by atoms with Crippen LogP contribution in [0.15, 0.2) is 0 Å².